The van der Waals surface area contributed by atoms with Crippen LogP contribution in [-0.4, -0.2) is 4.98 Å². The van der Waals surface area contributed by atoms with E-state index in [1.807, 2.05) is 30.3 Å². The van der Waals surface area contributed by atoms with Crippen molar-refractivity contribution in [3.05, 3.63) is 59.8 Å². The number of benzene rings is 2. The van der Waals surface area contributed by atoms with Crippen molar-refractivity contribution in [2.75, 3.05) is 5.73 Å². The van der Waals surface area contributed by atoms with Crippen molar-refractivity contribution < 1.29 is 4.74 Å². The molecule has 0 amide bonds. The molecule has 4 heteroatoms. The Balaban J connectivity index is 2.08. The molecule has 0 aliphatic carbocycles. The third kappa shape index (κ3) is 2.33. The van der Waals surface area contributed by atoms with Gasteiger partial charge in [-0.1, -0.05) is 29.8 Å². The first kappa shape index (κ1) is 11.8. The van der Waals surface area contributed by atoms with E-state index in [0.29, 0.717) is 22.2 Å². The quantitative estimate of drug-likeness (QED) is 0.708. The number of halogens is 1. The number of anilines is 1. The molecular formula is C15H11ClN2O. The number of fused-ring (bicyclic) bond motifs is 1. The van der Waals surface area contributed by atoms with Gasteiger partial charge in [0.25, 0.3) is 0 Å². The Hall–Kier alpha value is -2.26. The maximum Gasteiger partial charge on any atom is 0.153 e. The molecule has 3 aromatic rings. The number of aromatic nitrogens is 1. The van der Waals surface area contributed by atoms with Crippen LogP contribution in [0.1, 0.15) is 0 Å². The molecule has 0 spiro atoms. The van der Waals surface area contributed by atoms with Crippen molar-refractivity contribution in [1.29, 1.82) is 0 Å². The van der Waals surface area contributed by atoms with E-state index in [4.69, 9.17) is 22.1 Å². The van der Waals surface area contributed by atoms with E-state index < -0.39 is 0 Å². The van der Waals surface area contributed by atoms with Gasteiger partial charge in [-0.3, -0.25) is 4.98 Å². The van der Waals surface area contributed by atoms with Gasteiger partial charge in [0.15, 0.2) is 11.5 Å². The lowest BCUT2D eigenvalue weighted by molar-refractivity contribution is 0.489. The van der Waals surface area contributed by atoms with Gasteiger partial charge in [0.2, 0.25) is 0 Å². The van der Waals surface area contributed by atoms with Crippen LogP contribution in [0.3, 0.4) is 0 Å². The molecule has 0 bridgehead atoms. The van der Waals surface area contributed by atoms with Gasteiger partial charge in [-0.15, -0.1) is 0 Å². The molecule has 0 saturated carbocycles. The Morgan fingerprint density at radius 2 is 1.84 bits per heavy atom. The van der Waals surface area contributed by atoms with Crippen LogP contribution >= 0.6 is 11.6 Å². The predicted octanol–water partition coefficient (Wildman–Crippen LogP) is 4.26. The summed E-state index contributed by atoms with van der Waals surface area (Å²) in [7, 11) is 0. The molecule has 0 aliphatic rings. The second-order valence-electron chi connectivity index (χ2n) is 4.12. The number of para-hydroxylation sites is 1. The number of hydrogen-bond donors (Lipinski definition) is 1. The van der Waals surface area contributed by atoms with E-state index in [9.17, 15) is 0 Å². The van der Waals surface area contributed by atoms with Crippen LogP contribution < -0.4 is 10.5 Å². The van der Waals surface area contributed by atoms with Crippen LogP contribution in [0, 0.1) is 0 Å². The van der Waals surface area contributed by atoms with Crippen LogP contribution in [0.25, 0.3) is 10.9 Å². The Labute approximate surface area is 115 Å². The van der Waals surface area contributed by atoms with Crippen molar-refractivity contribution in [1.82, 2.24) is 4.98 Å². The predicted molar refractivity (Wildman–Crippen MR) is 77.7 cm³/mol. The normalized spacial score (nSPS) is 10.6. The number of hydrogen-bond acceptors (Lipinski definition) is 3. The monoisotopic (exact) mass is 270 g/mol. The highest BCUT2D eigenvalue weighted by Gasteiger charge is 2.07. The minimum atomic E-state index is 0.533. The maximum atomic E-state index is 5.95. The Morgan fingerprint density at radius 3 is 2.74 bits per heavy atom. The summed E-state index contributed by atoms with van der Waals surface area (Å²) in [5.41, 5.74) is 7.21. The van der Waals surface area contributed by atoms with Gasteiger partial charge in [-0.2, -0.15) is 0 Å². The van der Waals surface area contributed by atoms with Gasteiger partial charge in [-0.25, -0.2) is 0 Å². The topological polar surface area (TPSA) is 48.1 Å². The van der Waals surface area contributed by atoms with Crippen molar-refractivity contribution in [3.8, 4) is 11.5 Å². The first-order valence-electron chi connectivity index (χ1n) is 5.81. The Bertz CT molecular complexity index is 738. The third-order valence-electron chi connectivity index (χ3n) is 2.79. The highest BCUT2D eigenvalue weighted by molar-refractivity contribution is 6.30. The van der Waals surface area contributed by atoms with Gasteiger partial charge >= 0.3 is 0 Å². The van der Waals surface area contributed by atoms with Crippen LogP contribution in [0.5, 0.6) is 11.5 Å². The molecule has 0 aliphatic heterocycles. The molecule has 94 valence electrons. The number of nitrogen functional groups attached to an aromatic ring is 1. The summed E-state index contributed by atoms with van der Waals surface area (Å²) in [6.07, 6.45) is 1.73. The molecule has 0 saturated heterocycles. The van der Waals surface area contributed by atoms with Gasteiger partial charge in [0.05, 0.1) is 5.69 Å². The summed E-state index contributed by atoms with van der Waals surface area (Å²) in [5.74, 6) is 1.19. The summed E-state index contributed by atoms with van der Waals surface area (Å²) in [6, 6.07) is 14.8. The van der Waals surface area contributed by atoms with E-state index in [-0.39, 0.29) is 0 Å². The molecule has 0 atom stereocenters. The molecule has 1 aromatic heterocycles. The highest BCUT2D eigenvalue weighted by Crippen LogP contribution is 2.33. The van der Waals surface area contributed by atoms with Crippen LogP contribution in [0.15, 0.2) is 54.7 Å². The summed E-state index contributed by atoms with van der Waals surface area (Å²) in [5, 5.41) is 1.60. The lowest BCUT2D eigenvalue weighted by Crippen LogP contribution is -1.93. The van der Waals surface area contributed by atoms with E-state index in [2.05, 4.69) is 4.98 Å². The van der Waals surface area contributed by atoms with Crippen LogP contribution in [-0.2, 0) is 0 Å². The summed E-state index contributed by atoms with van der Waals surface area (Å²) in [4.78, 5) is 4.33. The lowest BCUT2D eigenvalue weighted by atomic mass is 10.2. The lowest BCUT2D eigenvalue weighted by Gasteiger charge is -2.10. The maximum absolute atomic E-state index is 5.95. The number of nitrogens with zero attached hydrogens (tertiary/aromatic N) is 1. The third-order valence-corrected chi connectivity index (χ3v) is 3.03. The van der Waals surface area contributed by atoms with Crippen molar-refractivity contribution >= 4 is 28.2 Å². The number of rotatable bonds is 2. The van der Waals surface area contributed by atoms with E-state index in [0.717, 1.165) is 10.9 Å². The zero-order chi connectivity index (χ0) is 13.2. The fourth-order valence-electron chi connectivity index (χ4n) is 1.87. The fourth-order valence-corrected chi connectivity index (χ4v) is 2.04. The highest BCUT2D eigenvalue weighted by atomic mass is 35.5. The largest absolute Gasteiger partial charge is 0.453 e. The zero-order valence-electron chi connectivity index (χ0n) is 10.0. The average Bonchev–Trinajstić information content (AvgIpc) is 2.43. The molecule has 2 N–H and O–H groups in total. The van der Waals surface area contributed by atoms with Gasteiger partial charge in [0.1, 0.15) is 5.52 Å². The van der Waals surface area contributed by atoms with Gasteiger partial charge in [-0.05, 0) is 24.3 Å². The smallest absolute Gasteiger partial charge is 0.153 e. The molecule has 0 fully saturated rings. The molecule has 0 unspecified atom stereocenters. The minimum Gasteiger partial charge on any atom is -0.453 e. The molecule has 19 heavy (non-hydrogen) atoms. The molecular weight excluding hydrogens is 260 g/mol. The van der Waals surface area contributed by atoms with E-state index in [1.54, 1.807) is 24.4 Å². The Morgan fingerprint density at radius 1 is 1.00 bits per heavy atom. The molecule has 2 aromatic carbocycles. The first-order chi connectivity index (χ1) is 9.24. The standard InChI is InChI=1S/C15H11ClN2O/c16-11-6-7-12(17)14(9-11)19-13-5-1-3-10-4-2-8-18-15(10)13/h1-9H,17H2. The van der Waals surface area contributed by atoms with E-state index in [1.165, 1.54) is 0 Å². The number of ether oxygens (including phenoxy) is 1. The van der Waals surface area contributed by atoms with Crippen LogP contribution in [0.4, 0.5) is 5.69 Å². The first-order valence-corrected chi connectivity index (χ1v) is 6.18. The SMILES string of the molecule is Nc1ccc(Cl)cc1Oc1cccc2cccnc12. The molecule has 1 heterocycles. The van der Waals surface area contributed by atoms with Crippen LogP contribution in [0.2, 0.25) is 5.02 Å². The Kier molecular flexibility index (Phi) is 2.97. The number of pyridine rings is 1. The summed E-state index contributed by atoms with van der Waals surface area (Å²) < 4.78 is 5.83. The minimum absolute atomic E-state index is 0.533. The van der Waals surface area contributed by atoms with Crippen molar-refractivity contribution in [3.63, 3.8) is 0 Å². The number of nitrogens with two attached hydrogens (primary N) is 1. The zero-order valence-corrected chi connectivity index (χ0v) is 10.8. The summed E-state index contributed by atoms with van der Waals surface area (Å²) in [6.45, 7) is 0. The molecule has 3 rings (SSSR count). The van der Waals surface area contributed by atoms with Crippen molar-refractivity contribution in [2.24, 2.45) is 0 Å². The van der Waals surface area contributed by atoms with Gasteiger partial charge < -0.3 is 10.5 Å². The average molecular weight is 271 g/mol. The second-order valence-corrected chi connectivity index (χ2v) is 4.55. The fraction of sp³-hybridized carbons (Fsp3) is 0. The van der Waals surface area contributed by atoms with E-state index >= 15 is 0 Å². The molecule has 0 radical (unpaired) electrons. The molecule has 3 nitrogen and oxygen atoms in total. The summed E-state index contributed by atoms with van der Waals surface area (Å²) >= 11 is 5.95. The second kappa shape index (κ2) is 4.78. The van der Waals surface area contributed by atoms with Gasteiger partial charge in [0, 0.05) is 22.7 Å². The van der Waals surface area contributed by atoms with Crippen molar-refractivity contribution in [2.45, 2.75) is 0 Å².